The molecule has 0 aliphatic carbocycles. The highest BCUT2D eigenvalue weighted by Crippen LogP contribution is 2.31. The van der Waals surface area contributed by atoms with E-state index in [0.717, 1.165) is 48.8 Å². The number of methoxy groups -OCH3 is 1. The number of likely N-dealkylation sites (N-methyl/N-ethyl adjacent to an activating group) is 1. The zero-order chi connectivity index (χ0) is 24.9. The first-order chi connectivity index (χ1) is 17.6. The minimum atomic E-state index is -0.207. The second-order valence-electron chi connectivity index (χ2n) is 8.87. The van der Waals surface area contributed by atoms with Crippen molar-refractivity contribution in [3.05, 3.63) is 90.3 Å². The number of carbonyl (C=O) groups excluding carboxylic acids is 1. The number of ether oxygens (including phenoxy) is 1. The topological polar surface area (TPSA) is 75.5 Å². The molecule has 1 fully saturated rings. The molecule has 0 bridgehead atoms. The number of pyridine rings is 1. The molecule has 1 aliphatic rings. The van der Waals surface area contributed by atoms with Gasteiger partial charge in [0.25, 0.3) is 5.91 Å². The van der Waals surface area contributed by atoms with Crippen LogP contribution in [0.4, 0.5) is 5.82 Å². The van der Waals surface area contributed by atoms with Crippen molar-refractivity contribution < 1.29 is 9.53 Å². The number of hydrogen-bond acceptors (Lipinski definition) is 6. The van der Waals surface area contributed by atoms with Gasteiger partial charge in [0.2, 0.25) is 0 Å². The van der Waals surface area contributed by atoms with Crippen molar-refractivity contribution in [2.75, 3.05) is 45.2 Å². The number of nitrogens with one attached hydrogen (secondary N) is 1. The summed E-state index contributed by atoms with van der Waals surface area (Å²) in [7, 11) is 3.75. The number of nitrogens with zero attached hydrogens (tertiary/aromatic N) is 5. The van der Waals surface area contributed by atoms with Crippen LogP contribution in [0.2, 0.25) is 0 Å². The lowest BCUT2D eigenvalue weighted by Gasteiger charge is -2.33. The van der Waals surface area contributed by atoms with Crippen molar-refractivity contribution in [2.45, 2.75) is 6.54 Å². The van der Waals surface area contributed by atoms with Gasteiger partial charge in [-0.3, -0.25) is 4.79 Å². The zero-order valence-corrected chi connectivity index (χ0v) is 20.6. The predicted molar refractivity (Wildman–Crippen MR) is 141 cm³/mol. The molecule has 0 saturated carbocycles. The Labute approximate surface area is 211 Å². The molecule has 36 heavy (non-hydrogen) atoms. The molecule has 0 unspecified atom stereocenters. The van der Waals surface area contributed by atoms with Crippen molar-refractivity contribution in [3.8, 4) is 22.7 Å². The minimum Gasteiger partial charge on any atom is -0.496 e. The lowest BCUT2D eigenvalue weighted by molar-refractivity contribution is 0.0951. The van der Waals surface area contributed by atoms with Gasteiger partial charge in [0.05, 0.1) is 18.4 Å². The fourth-order valence-electron chi connectivity index (χ4n) is 4.31. The van der Waals surface area contributed by atoms with Crippen molar-refractivity contribution in [1.82, 2.24) is 25.0 Å². The van der Waals surface area contributed by atoms with Crippen LogP contribution in [0.5, 0.6) is 5.75 Å². The van der Waals surface area contributed by atoms with Crippen LogP contribution in [0, 0.1) is 0 Å². The van der Waals surface area contributed by atoms with Gasteiger partial charge in [0, 0.05) is 50.7 Å². The summed E-state index contributed by atoms with van der Waals surface area (Å²) in [4.78, 5) is 22.6. The smallest absolute Gasteiger partial charge is 0.255 e. The fourth-order valence-corrected chi connectivity index (χ4v) is 4.31. The molecule has 1 saturated heterocycles. The Morgan fingerprint density at radius 2 is 1.72 bits per heavy atom. The predicted octanol–water partition coefficient (Wildman–Crippen LogP) is 3.62. The highest BCUT2D eigenvalue weighted by molar-refractivity contribution is 6.00. The van der Waals surface area contributed by atoms with E-state index in [1.54, 1.807) is 18.0 Å². The molecule has 1 aliphatic heterocycles. The summed E-state index contributed by atoms with van der Waals surface area (Å²) in [5.74, 6) is 1.43. The van der Waals surface area contributed by atoms with Crippen LogP contribution >= 0.6 is 0 Å². The number of piperazine rings is 1. The molecular formula is C28H30N6O2. The highest BCUT2D eigenvalue weighted by atomic mass is 16.5. The number of amides is 1. The maximum absolute atomic E-state index is 13.4. The third-order valence-electron chi connectivity index (χ3n) is 6.43. The molecule has 0 radical (unpaired) electrons. The Morgan fingerprint density at radius 3 is 2.44 bits per heavy atom. The summed E-state index contributed by atoms with van der Waals surface area (Å²) in [6.45, 7) is 4.37. The molecule has 5 rings (SSSR count). The Bertz CT molecular complexity index is 1310. The van der Waals surface area contributed by atoms with Gasteiger partial charge < -0.3 is 19.9 Å². The molecule has 3 heterocycles. The van der Waals surface area contributed by atoms with Crippen LogP contribution in [-0.2, 0) is 6.54 Å². The van der Waals surface area contributed by atoms with Crippen LogP contribution in [0.3, 0.4) is 0 Å². The van der Waals surface area contributed by atoms with E-state index in [0.29, 0.717) is 23.6 Å². The third kappa shape index (κ3) is 5.08. The molecule has 4 aromatic rings. The van der Waals surface area contributed by atoms with Crippen LogP contribution in [0.1, 0.15) is 15.9 Å². The number of benzene rings is 2. The summed E-state index contributed by atoms with van der Waals surface area (Å²) in [6, 6.07) is 21.4. The van der Waals surface area contributed by atoms with Gasteiger partial charge in [-0.25, -0.2) is 9.67 Å². The third-order valence-corrected chi connectivity index (χ3v) is 6.43. The van der Waals surface area contributed by atoms with Crippen molar-refractivity contribution in [3.63, 3.8) is 0 Å². The highest BCUT2D eigenvalue weighted by Gasteiger charge is 2.21. The first-order valence-corrected chi connectivity index (χ1v) is 12.1. The Kier molecular flexibility index (Phi) is 6.95. The van der Waals surface area contributed by atoms with Crippen molar-refractivity contribution >= 4 is 11.7 Å². The molecule has 2 aromatic heterocycles. The minimum absolute atomic E-state index is 0.207. The molecule has 0 atom stereocenters. The average molecular weight is 483 g/mol. The summed E-state index contributed by atoms with van der Waals surface area (Å²) >= 11 is 0. The van der Waals surface area contributed by atoms with E-state index >= 15 is 0 Å². The monoisotopic (exact) mass is 482 g/mol. The van der Waals surface area contributed by atoms with Crippen LogP contribution in [0.15, 0.2) is 79.1 Å². The number of para-hydroxylation sites is 2. The van der Waals surface area contributed by atoms with Gasteiger partial charge in [0.15, 0.2) is 0 Å². The van der Waals surface area contributed by atoms with Crippen molar-refractivity contribution in [1.29, 1.82) is 0 Å². The number of hydrogen-bond donors (Lipinski definition) is 1. The zero-order valence-electron chi connectivity index (χ0n) is 20.6. The maximum Gasteiger partial charge on any atom is 0.255 e. The van der Waals surface area contributed by atoms with E-state index in [-0.39, 0.29) is 5.91 Å². The van der Waals surface area contributed by atoms with E-state index in [2.05, 4.69) is 27.1 Å². The van der Waals surface area contributed by atoms with E-state index < -0.39 is 0 Å². The quantitative estimate of drug-likeness (QED) is 0.434. The van der Waals surface area contributed by atoms with Gasteiger partial charge in [0.1, 0.15) is 17.3 Å². The molecule has 0 spiro atoms. The second-order valence-corrected chi connectivity index (χ2v) is 8.87. The molecule has 8 nitrogen and oxygen atoms in total. The molecule has 8 heteroatoms. The summed E-state index contributed by atoms with van der Waals surface area (Å²) in [5.41, 5.74) is 3.62. The summed E-state index contributed by atoms with van der Waals surface area (Å²) in [5, 5.41) is 7.80. The van der Waals surface area contributed by atoms with Gasteiger partial charge in [-0.2, -0.15) is 5.10 Å². The van der Waals surface area contributed by atoms with E-state index in [4.69, 9.17) is 9.84 Å². The first kappa shape index (κ1) is 23.6. The van der Waals surface area contributed by atoms with E-state index in [1.807, 2.05) is 72.9 Å². The van der Waals surface area contributed by atoms with Gasteiger partial charge >= 0.3 is 0 Å². The molecular weight excluding hydrogens is 452 g/mol. The summed E-state index contributed by atoms with van der Waals surface area (Å²) in [6.07, 6.45) is 3.60. The molecule has 1 amide bonds. The van der Waals surface area contributed by atoms with Crippen LogP contribution < -0.4 is 15.0 Å². The SMILES string of the molecule is COc1ccccc1-c1nn(-c2ccccc2)cc1C(=O)NCc1ccc(N2CCN(C)CC2)nc1. The summed E-state index contributed by atoms with van der Waals surface area (Å²) < 4.78 is 7.28. The largest absolute Gasteiger partial charge is 0.496 e. The fraction of sp³-hybridized carbons (Fsp3) is 0.250. The second kappa shape index (κ2) is 10.6. The Morgan fingerprint density at radius 1 is 0.972 bits per heavy atom. The van der Waals surface area contributed by atoms with Gasteiger partial charge in [-0.15, -0.1) is 0 Å². The molecule has 2 aromatic carbocycles. The van der Waals surface area contributed by atoms with Crippen LogP contribution in [0.25, 0.3) is 16.9 Å². The molecule has 1 N–H and O–H groups in total. The van der Waals surface area contributed by atoms with Gasteiger partial charge in [-0.1, -0.05) is 36.4 Å². The lowest BCUT2D eigenvalue weighted by Crippen LogP contribution is -2.44. The standard InChI is InChI=1S/C28H30N6O2/c1-32-14-16-33(17-15-32)26-13-12-21(18-29-26)19-30-28(35)24-20-34(22-8-4-3-5-9-22)31-27(24)23-10-6-7-11-25(23)36-2/h3-13,18,20H,14-17,19H2,1-2H3,(H,30,35). The normalized spacial score (nSPS) is 14.0. The average Bonchev–Trinajstić information content (AvgIpc) is 3.38. The van der Waals surface area contributed by atoms with Crippen molar-refractivity contribution in [2.24, 2.45) is 0 Å². The number of aromatic nitrogens is 3. The Balaban J connectivity index is 1.36. The number of rotatable bonds is 7. The van der Waals surface area contributed by atoms with E-state index in [1.165, 1.54) is 0 Å². The first-order valence-electron chi connectivity index (χ1n) is 12.1. The lowest BCUT2D eigenvalue weighted by atomic mass is 10.1. The van der Waals surface area contributed by atoms with Gasteiger partial charge in [-0.05, 0) is 42.9 Å². The molecule has 184 valence electrons. The van der Waals surface area contributed by atoms with Crippen LogP contribution in [-0.4, -0.2) is 65.9 Å². The van der Waals surface area contributed by atoms with E-state index in [9.17, 15) is 4.79 Å². The Hall–Kier alpha value is -4.17. The number of anilines is 1. The number of carbonyl (C=O) groups is 1. The maximum atomic E-state index is 13.4.